The second-order valence-electron chi connectivity index (χ2n) is 7.40. The van der Waals surface area contributed by atoms with Gasteiger partial charge in [-0.1, -0.05) is 13.8 Å². The normalized spacial score (nSPS) is 23.5. The molecular weight excluding hydrogens is 306 g/mol. The average molecular weight is 339 g/mol. The molecule has 2 saturated heterocycles. The number of rotatable bonds is 6. The van der Waals surface area contributed by atoms with Crippen molar-refractivity contribution in [2.45, 2.75) is 33.6 Å². The first kappa shape index (κ1) is 19.2. The van der Waals surface area contributed by atoms with Crippen LogP contribution in [0.2, 0.25) is 0 Å². The monoisotopic (exact) mass is 339 g/mol. The molecule has 2 aliphatic heterocycles. The Labute approximate surface area is 146 Å². The largest absolute Gasteiger partial charge is 0.466 e. The van der Waals surface area contributed by atoms with Crippen molar-refractivity contribution in [3.8, 4) is 0 Å². The Morgan fingerprint density at radius 1 is 1.08 bits per heavy atom. The van der Waals surface area contributed by atoms with E-state index in [0.29, 0.717) is 25.6 Å². The minimum Gasteiger partial charge on any atom is -0.466 e. The molecule has 1 atom stereocenters. The van der Waals surface area contributed by atoms with E-state index in [1.807, 2.05) is 11.8 Å². The van der Waals surface area contributed by atoms with Crippen LogP contribution in [0.5, 0.6) is 0 Å². The maximum Gasteiger partial charge on any atom is 0.310 e. The lowest BCUT2D eigenvalue weighted by atomic mass is 9.98. The Bertz CT molecular complexity index is 420. The molecule has 6 nitrogen and oxygen atoms in total. The fraction of sp³-hybridized carbons (Fsp3) is 0.889. The number of hydrogen-bond donors (Lipinski definition) is 0. The molecule has 0 bridgehead atoms. The molecule has 1 unspecified atom stereocenters. The zero-order valence-corrected chi connectivity index (χ0v) is 15.5. The number of piperidine rings is 1. The third-order valence-corrected chi connectivity index (χ3v) is 4.84. The second kappa shape index (κ2) is 9.37. The number of amides is 1. The zero-order chi connectivity index (χ0) is 17.5. The number of likely N-dealkylation sites (tertiary alicyclic amines) is 1. The van der Waals surface area contributed by atoms with E-state index in [9.17, 15) is 9.59 Å². The van der Waals surface area contributed by atoms with Gasteiger partial charge in [-0.2, -0.15) is 0 Å². The first-order valence-electron chi connectivity index (χ1n) is 9.38. The third kappa shape index (κ3) is 5.74. The Morgan fingerprint density at radius 2 is 1.75 bits per heavy atom. The first-order valence-corrected chi connectivity index (χ1v) is 9.38. The predicted octanol–water partition coefficient (Wildman–Crippen LogP) is 1.06. The van der Waals surface area contributed by atoms with E-state index < -0.39 is 0 Å². The van der Waals surface area contributed by atoms with Gasteiger partial charge < -0.3 is 14.5 Å². The Hall–Kier alpha value is -1.14. The van der Waals surface area contributed by atoms with Crippen LogP contribution < -0.4 is 0 Å². The highest BCUT2D eigenvalue weighted by Gasteiger charge is 2.30. The van der Waals surface area contributed by atoms with E-state index in [1.54, 1.807) is 0 Å². The number of hydrogen-bond acceptors (Lipinski definition) is 5. The summed E-state index contributed by atoms with van der Waals surface area (Å²) in [5.74, 6) is 0.537. The van der Waals surface area contributed by atoms with Crippen molar-refractivity contribution in [1.82, 2.24) is 14.7 Å². The lowest BCUT2D eigenvalue weighted by Gasteiger charge is -2.37. The number of esters is 1. The third-order valence-electron chi connectivity index (χ3n) is 4.84. The van der Waals surface area contributed by atoms with Crippen molar-refractivity contribution in [3.63, 3.8) is 0 Å². The van der Waals surface area contributed by atoms with Crippen LogP contribution in [0.3, 0.4) is 0 Å². The van der Waals surface area contributed by atoms with Gasteiger partial charge in [0.05, 0.1) is 19.1 Å². The molecule has 2 aliphatic rings. The zero-order valence-electron chi connectivity index (χ0n) is 15.5. The number of carbonyl (C=O) groups is 2. The van der Waals surface area contributed by atoms with Crippen molar-refractivity contribution in [1.29, 1.82) is 0 Å². The molecule has 138 valence electrons. The van der Waals surface area contributed by atoms with Gasteiger partial charge in [0.15, 0.2) is 0 Å². The van der Waals surface area contributed by atoms with Gasteiger partial charge in [0.25, 0.3) is 0 Å². The quantitative estimate of drug-likeness (QED) is 0.678. The maximum atomic E-state index is 12.6. The molecule has 2 heterocycles. The van der Waals surface area contributed by atoms with E-state index in [2.05, 4.69) is 23.6 Å². The van der Waals surface area contributed by atoms with Gasteiger partial charge in [0.2, 0.25) is 5.91 Å². The van der Waals surface area contributed by atoms with Gasteiger partial charge in [-0.05, 0) is 25.7 Å². The SMILES string of the molecule is CCOC(=O)C1CCCN(C(=O)CN2CCN(CC(C)C)CC2)C1. The molecule has 2 rings (SSSR count). The standard InChI is InChI=1S/C18H33N3O3/c1-4-24-18(23)16-6-5-7-21(13-16)17(22)14-20-10-8-19(9-11-20)12-15(2)3/h15-16H,4-14H2,1-3H3. The van der Waals surface area contributed by atoms with Crippen LogP contribution in [0.25, 0.3) is 0 Å². The summed E-state index contributed by atoms with van der Waals surface area (Å²) in [5.41, 5.74) is 0. The minimum absolute atomic E-state index is 0.148. The molecule has 0 saturated carbocycles. The summed E-state index contributed by atoms with van der Waals surface area (Å²) in [4.78, 5) is 31.0. The summed E-state index contributed by atoms with van der Waals surface area (Å²) in [6, 6.07) is 0. The van der Waals surface area contributed by atoms with E-state index >= 15 is 0 Å². The number of carbonyl (C=O) groups excluding carboxylic acids is 2. The fourth-order valence-corrected chi connectivity index (χ4v) is 3.59. The van der Waals surface area contributed by atoms with Gasteiger partial charge in [-0.3, -0.25) is 14.5 Å². The number of nitrogens with zero attached hydrogens (tertiary/aromatic N) is 3. The van der Waals surface area contributed by atoms with Crippen molar-refractivity contribution < 1.29 is 14.3 Å². The van der Waals surface area contributed by atoms with Crippen LogP contribution in [0.4, 0.5) is 0 Å². The summed E-state index contributed by atoms with van der Waals surface area (Å²) in [7, 11) is 0. The molecule has 6 heteroatoms. The second-order valence-corrected chi connectivity index (χ2v) is 7.40. The van der Waals surface area contributed by atoms with Gasteiger partial charge in [0.1, 0.15) is 0 Å². The molecule has 0 radical (unpaired) electrons. The highest BCUT2D eigenvalue weighted by Crippen LogP contribution is 2.18. The van der Waals surface area contributed by atoms with E-state index in [-0.39, 0.29) is 17.8 Å². The highest BCUT2D eigenvalue weighted by molar-refractivity contribution is 5.80. The summed E-state index contributed by atoms with van der Waals surface area (Å²) in [6.07, 6.45) is 1.72. The van der Waals surface area contributed by atoms with Gasteiger partial charge in [-0.15, -0.1) is 0 Å². The summed E-state index contributed by atoms with van der Waals surface area (Å²) in [5, 5.41) is 0. The summed E-state index contributed by atoms with van der Waals surface area (Å²) < 4.78 is 5.11. The molecule has 0 N–H and O–H groups in total. The van der Waals surface area contributed by atoms with Crippen LogP contribution in [0, 0.1) is 11.8 Å². The van der Waals surface area contributed by atoms with Crippen LogP contribution in [0.15, 0.2) is 0 Å². The minimum atomic E-state index is -0.155. The Balaban J connectivity index is 1.75. The Morgan fingerprint density at radius 3 is 2.38 bits per heavy atom. The van der Waals surface area contributed by atoms with Crippen LogP contribution >= 0.6 is 0 Å². The topological polar surface area (TPSA) is 53.1 Å². The van der Waals surface area contributed by atoms with Crippen molar-refractivity contribution in [2.75, 3.05) is 59.0 Å². The molecular formula is C18H33N3O3. The Kier molecular flexibility index (Phi) is 7.49. The molecule has 0 aromatic heterocycles. The molecule has 0 aromatic rings. The number of piperazine rings is 1. The fourth-order valence-electron chi connectivity index (χ4n) is 3.59. The van der Waals surface area contributed by atoms with Crippen LogP contribution in [-0.4, -0.2) is 85.5 Å². The molecule has 0 aromatic carbocycles. The molecule has 2 fully saturated rings. The van der Waals surface area contributed by atoms with Gasteiger partial charge in [0, 0.05) is 45.8 Å². The lowest BCUT2D eigenvalue weighted by molar-refractivity contribution is -0.151. The van der Waals surface area contributed by atoms with Crippen molar-refractivity contribution >= 4 is 11.9 Å². The molecule has 0 spiro atoms. The maximum absolute atomic E-state index is 12.6. The van der Waals surface area contributed by atoms with Crippen molar-refractivity contribution in [2.24, 2.45) is 11.8 Å². The molecule has 1 amide bonds. The molecule has 24 heavy (non-hydrogen) atoms. The van der Waals surface area contributed by atoms with Gasteiger partial charge in [-0.25, -0.2) is 0 Å². The summed E-state index contributed by atoms with van der Waals surface area (Å²) >= 11 is 0. The summed E-state index contributed by atoms with van der Waals surface area (Å²) in [6.45, 7) is 13.6. The van der Waals surface area contributed by atoms with Gasteiger partial charge >= 0.3 is 5.97 Å². The van der Waals surface area contributed by atoms with E-state index in [0.717, 1.165) is 52.1 Å². The van der Waals surface area contributed by atoms with E-state index in [4.69, 9.17) is 4.74 Å². The van der Waals surface area contributed by atoms with E-state index in [1.165, 1.54) is 0 Å². The lowest BCUT2D eigenvalue weighted by Crippen LogP contribution is -2.52. The average Bonchev–Trinajstić information content (AvgIpc) is 2.56. The first-order chi connectivity index (χ1) is 11.5. The van der Waals surface area contributed by atoms with Crippen LogP contribution in [-0.2, 0) is 14.3 Å². The van der Waals surface area contributed by atoms with Crippen molar-refractivity contribution in [3.05, 3.63) is 0 Å². The molecule has 0 aliphatic carbocycles. The van der Waals surface area contributed by atoms with Crippen LogP contribution in [0.1, 0.15) is 33.6 Å². The predicted molar refractivity (Wildman–Crippen MR) is 93.7 cm³/mol. The highest BCUT2D eigenvalue weighted by atomic mass is 16.5. The number of ether oxygens (including phenoxy) is 1. The smallest absolute Gasteiger partial charge is 0.310 e.